The van der Waals surface area contributed by atoms with Crippen molar-refractivity contribution in [2.45, 2.75) is 57.8 Å². The van der Waals surface area contributed by atoms with Gasteiger partial charge in [0, 0.05) is 13.0 Å². The number of amides is 1. The van der Waals surface area contributed by atoms with Crippen molar-refractivity contribution in [3.63, 3.8) is 0 Å². The first-order chi connectivity index (χ1) is 8.60. The van der Waals surface area contributed by atoms with Gasteiger partial charge in [0.25, 0.3) is 0 Å². The van der Waals surface area contributed by atoms with E-state index in [1.165, 1.54) is 12.8 Å². The number of nitrogens with one attached hydrogen (secondary N) is 1. The van der Waals surface area contributed by atoms with E-state index in [-0.39, 0.29) is 17.7 Å². The zero-order valence-electron chi connectivity index (χ0n) is 10.9. The highest BCUT2D eigenvalue weighted by atomic mass is 16.4. The first-order valence-electron chi connectivity index (χ1n) is 7.08. The van der Waals surface area contributed by atoms with Gasteiger partial charge < -0.3 is 10.4 Å². The lowest BCUT2D eigenvalue weighted by Crippen LogP contribution is -2.32. The number of aliphatic carboxylic acids is 1. The number of hydrogen-bond donors (Lipinski definition) is 2. The molecule has 2 aliphatic carbocycles. The van der Waals surface area contributed by atoms with Gasteiger partial charge in [-0.2, -0.15) is 0 Å². The highest BCUT2D eigenvalue weighted by Crippen LogP contribution is 2.44. The zero-order valence-corrected chi connectivity index (χ0v) is 10.9. The van der Waals surface area contributed by atoms with Gasteiger partial charge in [0.15, 0.2) is 0 Å². The summed E-state index contributed by atoms with van der Waals surface area (Å²) in [7, 11) is 0. The minimum absolute atomic E-state index is 0.0406. The molecule has 0 aliphatic heterocycles. The highest BCUT2D eigenvalue weighted by Gasteiger charge is 2.37. The van der Waals surface area contributed by atoms with Crippen LogP contribution < -0.4 is 5.32 Å². The molecule has 0 radical (unpaired) electrons. The lowest BCUT2D eigenvalue weighted by atomic mass is 9.79. The molecule has 1 amide bonds. The summed E-state index contributed by atoms with van der Waals surface area (Å²) < 4.78 is 0. The minimum Gasteiger partial charge on any atom is -0.481 e. The predicted molar refractivity (Wildman–Crippen MR) is 68.1 cm³/mol. The Labute approximate surface area is 108 Å². The van der Waals surface area contributed by atoms with Gasteiger partial charge in [-0.3, -0.25) is 9.59 Å². The molecule has 0 atom stereocenters. The quantitative estimate of drug-likeness (QED) is 0.731. The Morgan fingerprint density at radius 3 is 2.39 bits per heavy atom. The van der Waals surface area contributed by atoms with E-state index in [0.717, 1.165) is 44.6 Å². The molecule has 2 rings (SSSR count). The average Bonchev–Trinajstić information content (AvgIpc) is 2.99. The first-order valence-corrected chi connectivity index (χ1v) is 7.08. The fourth-order valence-corrected chi connectivity index (χ4v) is 3.09. The van der Waals surface area contributed by atoms with Crippen molar-refractivity contribution in [2.75, 3.05) is 6.54 Å². The third-order valence-electron chi connectivity index (χ3n) is 4.30. The fraction of sp³-hybridized carbons (Fsp3) is 0.857. The van der Waals surface area contributed by atoms with E-state index in [9.17, 15) is 9.59 Å². The van der Waals surface area contributed by atoms with Crippen molar-refractivity contribution >= 4 is 11.9 Å². The van der Waals surface area contributed by atoms with Gasteiger partial charge in [-0.05, 0) is 30.6 Å². The topological polar surface area (TPSA) is 66.4 Å². The maximum Gasteiger partial charge on any atom is 0.303 e. The molecule has 2 N–H and O–H groups in total. The van der Waals surface area contributed by atoms with Crippen molar-refractivity contribution < 1.29 is 14.7 Å². The molecular formula is C14H23NO3. The Morgan fingerprint density at radius 1 is 1.17 bits per heavy atom. The summed E-state index contributed by atoms with van der Waals surface area (Å²) in [6.45, 7) is 0.757. The Bertz CT molecular complexity index is 317. The third kappa shape index (κ3) is 4.00. The van der Waals surface area contributed by atoms with Crippen molar-refractivity contribution in [1.82, 2.24) is 5.32 Å². The molecule has 0 unspecified atom stereocenters. The van der Waals surface area contributed by atoms with Crippen LogP contribution in [0.25, 0.3) is 0 Å². The molecule has 2 saturated carbocycles. The summed E-state index contributed by atoms with van der Waals surface area (Å²) in [6, 6.07) is 0. The molecule has 2 aliphatic rings. The van der Waals surface area contributed by atoms with Crippen LogP contribution in [0.3, 0.4) is 0 Å². The number of carboxylic acids is 1. The number of carboxylic acid groups (broad SMARTS) is 1. The van der Waals surface area contributed by atoms with E-state index in [1.54, 1.807) is 0 Å². The number of carbonyl (C=O) groups is 2. The van der Waals surface area contributed by atoms with E-state index in [1.807, 2.05) is 0 Å². The van der Waals surface area contributed by atoms with E-state index in [4.69, 9.17) is 5.11 Å². The van der Waals surface area contributed by atoms with Crippen molar-refractivity contribution in [3.05, 3.63) is 0 Å². The van der Waals surface area contributed by atoms with Gasteiger partial charge in [0.1, 0.15) is 0 Å². The summed E-state index contributed by atoms with van der Waals surface area (Å²) >= 11 is 0. The Morgan fingerprint density at radius 2 is 1.83 bits per heavy atom. The molecule has 4 heteroatoms. The molecule has 0 saturated heterocycles. The largest absolute Gasteiger partial charge is 0.481 e. The predicted octanol–water partition coefficient (Wildman–Crippen LogP) is 2.33. The van der Waals surface area contributed by atoms with Gasteiger partial charge in [-0.15, -0.1) is 0 Å². The van der Waals surface area contributed by atoms with E-state index < -0.39 is 5.97 Å². The van der Waals surface area contributed by atoms with Crippen molar-refractivity contribution in [3.8, 4) is 0 Å². The molecule has 0 heterocycles. The fourth-order valence-electron chi connectivity index (χ4n) is 3.09. The van der Waals surface area contributed by atoms with Gasteiger partial charge in [0.2, 0.25) is 5.91 Å². The second-order valence-electron chi connectivity index (χ2n) is 6.04. The summed E-state index contributed by atoms with van der Waals surface area (Å²) in [5.41, 5.74) is -0.268. The van der Waals surface area contributed by atoms with E-state index in [0.29, 0.717) is 6.42 Å². The lowest BCUT2D eigenvalue weighted by molar-refractivity contribution is -0.140. The normalized spacial score (nSPS) is 21.8. The average molecular weight is 253 g/mol. The summed E-state index contributed by atoms with van der Waals surface area (Å²) in [4.78, 5) is 22.8. The van der Waals surface area contributed by atoms with Crippen LogP contribution in [0.1, 0.15) is 57.8 Å². The van der Waals surface area contributed by atoms with Crippen LogP contribution in [0.4, 0.5) is 0 Å². The molecule has 0 bridgehead atoms. The lowest BCUT2D eigenvalue weighted by Gasteiger charge is -2.26. The van der Waals surface area contributed by atoms with Gasteiger partial charge in [-0.25, -0.2) is 0 Å². The van der Waals surface area contributed by atoms with E-state index in [2.05, 4.69) is 5.32 Å². The maximum atomic E-state index is 11.9. The van der Waals surface area contributed by atoms with Crippen LogP contribution in [0.2, 0.25) is 0 Å². The summed E-state index contributed by atoms with van der Waals surface area (Å²) in [5, 5.41) is 11.9. The zero-order chi connectivity index (χ0) is 13.0. The third-order valence-corrected chi connectivity index (χ3v) is 4.30. The highest BCUT2D eigenvalue weighted by molar-refractivity contribution is 5.78. The first kappa shape index (κ1) is 13.4. The smallest absolute Gasteiger partial charge is 0.303 e. The minimum atomic E-state index is -0.775. The molecule has 0 aromatic rings. The molecule has 0 aromatic carbocycles. The molecular weight excluding hydrogens is 230 g/mol. The standard InChI is InChI=1S/C14H23NO3/c16-12(15-8-5-11-3-4-11)9-14(10-13(17)18)6-1-2-7-14/h11H,1-10H2,(H,15,16)(H,17,18). The number of rotatable bonds is 7. The van der Waals surface area contributed by atoms with Crippen molar-refractivity contribution in [2.24, 2.45) is 11.3 Å². The van der Waals surface area contributed by atoms with Crippen LogP contribution in [-0.4, -0.2) is 23.5 Å². The molecule has 4 nitrogen and oxygen atoms in total. The van der Waals surface area contributed by atoms with Crippen LogP contribution in [0.5, 0.6) is 0 Å². The summed E-state index contributed by atoms with van der Waals surface area (Å²) in [6.07, 6.45) is 8.11. The molecule has 0 spiro atoms. The molecule has 18 heavy (non-hydrogen) atoms. The number of carbonyl (C=O) groups excluding carboxylic acids is 1. The second kappa shape index (κ2) is 5.72. The van der Waals surface area contributed by atoms with Gasteiger partial charge in [0.05, 0.1) is 6.42 Å². The summed E-state index contributed by atoms with van der Waals surface area (Å²) in [5.74, 6) is 0.0891. The maximum absolute atomic E-state index is 11.9. The molecule has 2 fully saturated rings. The van der Waals surface area contributed by atoms with Crippen LogP contribution in [0, 0.1) is 11.3 Å². The SMILES string of the molecule is O=C(O)CC1(CC(=O)NCCC2CC2)CCCC1. The molecule has 0 aromatic heterocycles. The Balaban J connectivity index is 1.76. The number of hydrogen-bond acceptors (Lipinski definition) is 2. The van der Waals surface area contributed by atoms with Gasteiger partial charge in [-0.1, -0.05) is 25.7 Å². The molecule has 102 valence electrons. The van der Waals surface area contributed by atoms with Crippen LogP contribution in [0.15, 0.2) is 0 Å². The van der Waals surface area contributed by atoms with Crippen LogP contribution in [-0.2, 0) is 9.59 Å². The monoisotopic (exact) mass is 253 g/mol. The Hall–Kier alpha value is -1.06. The second-order valence-corrected chi connectivity index (χ2v) is 6.04. The van der Waals surface area contributed by atoms with Crippen LogP contribution >= 0.6 is 0 Å². The Kier molecular flexibility index (Phi) is 4.25. The van der Waals surface area contributed by atoms with Crippen molar-refractivity contribution in [1.29, 1.82) is 0 Å². The van der Waals surface area contributed by atoms with Gasteiger partial charge >= 0.3 is 5.97 Å². The van der Waals surface area contributed by atoms with E-state index >= 15 is 0 Å².